The second-order valence-electron chi connectivity index (χ2n) is 5.31. The molecule has 0 bridgehead atoms. The van der Waals surface area contributed by atoms with Crippen LogP contribution in [0.25, 0.3) is 0 Å². The van der Waals surface area contributed by atoms with Gasteiger partial charge in [-0.15, -0.1) is 0 Å². The second kappa shape index (κ2) is 5.85. The van der Waals surface area contributed by atoms with Gasteiger partial charge < -0.3 is 25.0 Å². The molecule has 0 radical (unpaired) electrons. The fourth-order valence-corrected chi connectivity index (χ4v) is 1.66. The molecule has 1 heterocycles. The molecule has 2 unspecified atom stereocenters. The Kier molecular flexibility index (Phi) is 4.89. The summed E-state index contributed by atoms with van der Waals surface area (Å²) < 4.78 is 10.5. The van der Waals surface area contributed by atoms with Crippen LogP contribution in [0.1, 0.15) is 27.2 Å². The van der Waals surface area contributed by atoms with Crippen LogP contribution in [0.4, 0.5) is 0 Å². The smallest absolute Gasteiger partial charge is 0.332 e. The Bertz CT molecular complexity index is 345. The summed E-state index contributed by atoms with van der Waals surface area (Å²) in [5.41, 5.74) is -3.36. The number of hydrogen-bond acceptors (Lipinski definition) is 5. The largest absolute Gasteiger partial charge is 0.479 e. The number of carbonyl (C=O) groups is 2. The molecule has 0 spiro atoms. The van der Waals surface area contributed by atoms with Crippen molar-refractivity contribution in [1.82, 2.24) is 5.32 Å². The van der Waals surface area contributed by atoms with Crippen LogP contribution in [0.3, 0.4) is 0 Å². The van der Waals surface area contributed by atoms with Crippen LogP contribution in [-0.2, 0) is 19.1 Å². The quantitative estimate of drug-likeness (QED) is 0.626. The van der Waals surface area contributed by atoms with Crippen molar-refractivity contribution in [2.24, 2.45) is 0 Å². The maximum atomic E-state index is 11.9. The molecule has 1 aliphatic rings. The highest BCUT2D eigenvalue weighted by atomic mass is 16.6. The number of rotatable bonds is 5. The molecule has 3 N–H and O–H groups in total. The Morgan fingerprint density at radius 1 is 1.32 bits per heavy atom. The molecular weight excluding hydrogens is 254 g/mol. The first kappa shape index (κ1) is 15.9. The lowest BCUT2D eigenvalue weighted by Crippen LogP contribution is -2.65. The van der Waals surface area contributed by atoms with Gasteiger partial charge in [0.2, 0.25) is 5.91 Å². The van der Waals surface area contributed by atoms with Gasteiger partial charge >= 0.3 is 5.97 Å². The third-order valence-corrected chi connectivity index (χ3v) is 3.34. The highest BCUT2D eigenvalue weighted by molar-refractivity contribution is 5.88. The number of aliphatic carboxylic acids is 1. The Balaban J connectivity index is 2.64. The number of carboxylic acid groups (broad SMARTS) is 1. The average molecular weight is 275 g/mol. The minimum absolute atomic E-state index is 0.00104. The fraction of sp³-hybridized carbons (Fsp3) is 0.833. The predicted octanol–water partition coefficient (Wildman–Crippen LogP) is -0.478. The normalized spacial score (nSPS) is 23.5. The van der Waals surface area contributed by atoms with Crippen LogP contribution in [0.2, 0.25) is 0 Å². The van der Waals surface area contributed by atoms with E-state index in [0.717, 1.165) is 0 Å². The summed E-state index contributed by atoms with van der Waals surface area (Å²) in [6.07, 6.45) is -0.382. The molecule has 1 aliphatic heterocycles. The average Bonchev–Trinajstić information content (AvgIpc) is 2.28. The molecule has 7 nitrogen and oxygen atoms in total. The van der Waals surface area contributed by atoms with Crippen LogP contribution in [0, 0.1) is 0 Å². The van der Waals surface area contributed by atoms with E-state index in [1.807, 2.05) is 0 Å². The van der Waals surface area contributed by atoms with Crippen molar-refractivity contribution < 1.29 is 29.3 Å². The minimum atomic E-state index is -1.76. The highest BCUT2D eigenvalue weighted by Gasteiger charge is 2.48. The van der Waals surface area contributed by atoms with E-state index in [9.17, 15) is 19.8 Å². The monoisotopic (exact) mass is 275 g/mol. The zero-order chi connectivity index (χ0) is 14.7. The lowest BCUT2D eigenvalue weighted by molar-refractivity contribution is -0.159. The van der Waals surface area contributed by atoms with Gasteiger partial charge in [0.15, 0.2) is 5.54 Å². The fourth-order valence-electron chi connectivity index (χ4n) is 1.66. The van der Waals surface area contributed by atoms with Gasteiger partial charge in [-0.1, -0.05) is 0 Å². The van der Waals surface area contributed by atoms with E-state index in [0.29, 0.717) is 19.8 Å². The third kappa shape index (κ3) is 3.89. The van der Waals surface area contributed by atoms with Crippen LogP contribution < -0.4 is 5.32 Å². The summed E-state index contributed by atoms with van der Waals surface area (Å²) in [4.78, 5) is 23.1. The van der Waals surface area contributed by atoms with Crippen molar-refractivity contribution in [1.29, 1.82) is 0 Å². The van der Waals surface area contributed by atoms with Crippen molar-refractivity contribution >= 4 is 11.9 Å². The first-order chi connectivity index (χ1) is 8.67. The summed E-state index contributed by atoms with van der Waals surface area (Å²) in [5, 5.41) is 21.5. The number of ether oxygens (including phenoxy) is 2. The molecule has 1 saturated heterocycles. The van der Waals surface area contributed by atoms with Crippen LogP contribution in [0.15, 0.2) is 0 Å². The Morgan fingerprint density at radius 3 is 2.37 bits per heavy atom. The van der Waals surface area contributed by atoms with Crippen LogP contribution in [-0.4, -0.2) is 59.2 Å². The third-order valence-electron chi connectivity index (χ3n) is 3.34. The zero-order valence-electron chi connectivity index (χ0n) is 11.4. The van der Waals surface area contributed by atoms with Gasteiger partial charge in [-0.2, -0.15) is 0 Å². The first-order valence-electron chi connectivity index (χ1n) is 6.13. The molecule has 0 aromatic carbocycles. The second-order valence-corrected chi connectivity index (χ2v) is 5.31. The Hall–Kier alpha value is -1.18. The summed E-state index contributed by atoms with van der Waals surface area (Å²) in [6.45, 7) is 5.16. The number of nitrogens with one attached hydrogen (secondary N) is 1. The van der Waals surface area contributed by atoms with Crippen LogP contribution >= 0.6 is 0 Å². The molecule has 2 atom stereocenters. The molecule has 0 saturated carbocycles. The molecule has 7 heteroatoms. The maximum Gasteiger partial charge on any atom is 0.332 e. The highest BCUT2D eigenvalue weighted by Crippen LogP contribution is 2.22. The topological polar surface area (TPSA) is 105 Å². The molecule has 0 aromatic heterocycles. The van der Waals surface area contributed by atoms with E-state index in [2.05, 4.69) is 5.32 Å². The van der Waals surface area contributed by atoms with E-state index >= 15 is 0 Å². The zero-order valence-corrected chi connectivity index (χ0v) is 11.4. The number of carbonyl (C=O) groups excluding carboxylic acids is 1. The number of carboxylic acids is 1. The molecule has 1 rings (SSSR count). The van der Waals surface area contributed by atoms with Gasteiger partial charge in [0.05, 0.1) is 37.9 Å². The van der Waals surface area contributed by atoms with Crippen molar-refractivity contribution in [3.05, 3.63) is 0 Å². The molecule has 0 aromatic rings. The molecule has 1 amide bonds. The van der Waals surface area contributed by atoms with Gasteiger partial charge in [-0.3, -0.25) is 4.79 Å². The minimum Gasteiger partial charge on any atom is -0.479 e. The first-order valence-corrected chi connectivity index (χ1v) is 6.13. The van der Waals surface area contributed by atoms with Gasteiger partial charge in [-0.05, 0) is 20.8 Å². The molecule has 0 aliphatic carbocycles. The number of aliphatic hydroxyl groups is 1. The maximum absolute atomic E-state index is 11.9. The van der Waals surface area contributed by atoms with Crippen LogP contribution in [0.5, 0.6) is 0 Å². The standard InChI is InChI=1S/C12H21NO6/c1-11(2,17)12(3,10(15)16)13-9(14)6-8-7-18-4-5-19-8/h8,17H,4-7H2,1-3H3,(H,13,14)(H,15,16). The van der Waals surface area contributed by atoms with Crippen molar-refractivity contribution in [2.45, 2.75) is 44.4 Å². The van der Waals surface area contributed by atoms with Crippen molar-refractivity contribution in [3.63, 3.8) is 0 Å². The molecule has 110 valence electrons. The van der Waals surface area contributed by atoms with Crippen molar-refractivity contribution in [2.75, 3.05) is 19.8 Å². The van der Waals surface area contributed by atoms with Gasteiger partial charge in [0, 0.05) is 0 Å². The van der Waals surface area contributed by atoms with E-state index in [1.165, 1.54) is 20.8 Å². The lowest BCUT2D eigenvalue weighted by Gasteiger charge is -2.37. The summed E-state index contributed by atoms with van der Waals surface area (Å²) >= 11 is 0. The van der Waals surface area contributed by atoms with E-state index < -0.39 is 23.0 Å². The van der Waals surface area contributed by atoms with Gasteiger partial charge in [0.25, 0.3) is 0 Å². The molecule has 1 fully saturated rings. The van der Waals surface area contributed by atoms with Gasteiger partial charge in [0.1, 0.15) is 0 Å². The molecule has 19 heavy (non-hydrogen) atoms. The Labute approximate surface area is 111 Å². The van der Waals surface area contributed by atoms with Gasteiger partial charge in [-0.25, -0.2) is 4.79 Å². The summed E-state index contributed by atoms with van der Waals surface area (Å²) in [6, 6.07) is 0. The van der Waals surface area contributed by atoms with E-state index in [4.69, 9.17) is 9.47 Å². The van der Waals surface area contributed by atoms with E-state index in [1.54, 1.807) is 0 Å². The number of amides is 1. The predicted molar refractivity (Wildman–Crippen MR) is 65.7 cm³/mol. The Morgan fingerprint density at radius 2 is 1.95 bits per heavy atom. The summed E-state index contributed by atoms with van der Waals surface area (Å²) in [5.74, 6) is -1.79. The van der Waals surface area contributed by atoms with Crippen molar-refractivity contribution in [3.8, 4) is 0 Å². The van der Waals surface area contributed by atoms with E-state index in [-0.39, 0.29) is 12.5 Å². The molecular formula is C12H21NO6. The summed E-state index contributed by atoms with van der Waals surface area (Å²) in [7, 11) is 0. The SMILES string of the molecule is CC(C)(O)C(C)(NC(=O)CC1COCCO1)C(=O)O. The lowest BCUT2D eigenvalue weighted by atomic mass is 9.84. The number of hydrogen-bond donors (Lipinski definition) is 3.